The predicted molar refractivity (Wildman–Crippen MR) is 88.7 cm³/mol. The lowest BCUT2D eigenvalue weighted by Crippen LogP contribution is -2.09. The molecular formula is C14H19N3O2S2. The summed E-state index contributed by atoms with van der Waals surface area (Å²) in [6.45, 7) is 6.09. The number of aryl methyl sites for hydroxylation is 2. The molecule has 1 unspecified atom stereocenters. The molecule has 0 aliphatic carbocycles. The third-order valence-electron chi connectivity index (χ3n) is 3.28. The van der Waals surface area contributed by atoms with Gasteiger partial charge >= 0.3 is 5.97 Å². The predicted octanol–water partition coefficient (Wildman–Crippen LogP) is 3.08. The smallest absolute Gasteiger partial charge is 0.306 e. The second kappa shape index (κ2) is 6.62. The van der Waals surface area contributed by atoms with Gasteiger partial charge in [-0.3, -0.25) is 4.79 Å². The zero-order chi connectivity index (χ0) is 15.6. The fraction of sp³-hybridized carbons (Fsp3) is 0.500. The van der Waals surface area contributed by atoms with E-state index in [4.69, 9.17) is 5.73 Å². The van der Waals surface area contributed by atoms with E-state index in [1.807, 2.05) is 13.8 Å². The van der Waals surface area contributed by atoms with Gasteiger partial charge in [-0.1, -0.05) is 6.92 Å². The van der Waals surface area contributed by atoms with Crippen LogP contribution in [0.15, 0.2) is 0 Å². The van der Waals surface area contributed by atoms with E-state index in [2.05, 4.69) is 21.6 Å². The summed E-state index contributed by atoms with van der Waals surface area (Å²) >= 11 is 3.27. The minimum Gasteiger partial charge on any atom is -0.469 e. The Morgan fingerprint density at radius 2 is 2.14 bits per heavy atom. The Balaban J connectivity index is 2.11. The van der Waals surface area contributed by atoms with Gasteiger partial charge in [0.2, 0.25) is 0 Å². The first-order chi connectivity index (χ1) is 9.92. The number of esters is 1. The zero-order valence-electron chi connectivity index (χ0n) is 12.6. The van der Waals surface area contributed by atoms with Crippen LogP contribution in [0.5, 0.6) is 0 Å². The van der Waals surface area contributed by atoms with Crippen LogP contribution in [0.25, 0.3) is 10.2 Å². The van der Waals surface area contributed by atoms with E-state index in [1.165, 1.54) is 12.0 Å². The van der Waals surface area contributed by atoms with E-state index in [9.17, 15) is 4.79 Å². The van der Waals surface area contributed by atoms with Crippen LogP contribution in [-0.2, 0) is 15.3 Å². The van der Waals surface area contributed by atoms with Gasteiger partial charge in [0.15, 0.2) is 0 Å². The van der Waals surface area contributed by atoms with Crippen LogP contribution in [0.3, 0.4) is 0 Å². The fourth-order valence-corrected chi connectivity index (χ4v) is 3.86. The van der Waals surface area contributed by atoms with Crippen molar-refractivity contribution in [1.82, 2.24) is 9.97 Å². The maximum absolute atomic E-state index is 11.2. The van der Waals surface area contributed by atoms with Gasteiger partial charge in [-0.05, 0) is 19.4 Å². The first kappa shape index (κ1) is 16.0. The summed E-state index contributed by atoms with van der Waals surface area (Å²) in [7, 11) is 1.40. The van der Waals surface area contributed by atoms with E-state index in [-0.39, 0.29) is 11.2 Å². The molecule has 0 aliphatic heterocycles. The van der Waals surface area contributed by atoms with Crippen molar-refractivity contribution < 1.29 is 9.53 Å². The lowest BCUT2D eigenvalue weighted by Gasteiger charge is -2.09. The second-order valence-corrected chi connectivity index (χ2v) is 7.52. The van der Waals surface area contributed by atoms with Gasteiger partial charge in [-0.25, -0.2) is 9.97 Å². The fourth-order valence-electron chi connectivity index (χ4n) is 1.98. The van der Waals surface area contributed by atoms with Crippen LogP contribution < -0.4 is 5.73 Å². The summed E-state index contributed by atoms with van der Waals surface area (Å²) in [4.78, 5) is 22.3. The summed E-state index contributed by atoms with van der Waals surface area (Å²) in [6.07, 6.45) is 0.385. The Bertz CT molecular complexity index is 670. The van der Waals surface area contributed by atoms with Gasteiger partial charge in [-0.15, -0.1) is 11.3 Å². The minimum absolute atomic E-state index is 0.157. The highest BCUT2D eigenvalue weighted by molar-refractivity contribution is 7.99. The summed E-state index contributed by atoms with van der Waals surface area (Å²) in [6, 6.07) is 0. The molecule has 2 aromatic heterocycles. The molecule has 1 atom stereocenters. The van der Waals surface area contributed by atoms with E-state index in [0.29, 0.717) is 23.8 Å². The normalized spacial score (nSPS) is 12.6. The number of methoxy groups -OCH3 is 1. The van der Waals surface area contributed by atoms with E-state index >= 15 is 0 Å². The Morgan fingerprint density at radius 1 is 1.43 bits per heavy atom. The van der Waals surface area contributed by atoms with Crippen LogP contribution in [0, 0.1) is 13.8 Å². The minimum atomic E-state index is -0.199. The number of rotatable bonds is 5. The van der Waals surface area contributed by atoms with Gasteiger partial charge in [-0.2, -0.15) is 11.8 Å². The van der Waals surface area contributed by atoms with E-state index in [1.54, 1.807) is 23.1 Å². The topological polar surface area (TPSA) is 78.1 Å². The maximum Gasteiger partial charge on any atom is 0.306 e. The summed E-state index contributed by atoms with van der Waals surface area (Å²) in [5, 5.41) is 1.12. The largest absolute Gasteiger partial charge is 0.469 e. The van der Waals surface area contributed by atoms with Crippen molar-refractivity contribution in [2.75, 3.05) is 12.8 Å². The van der Waals surface area contributed by atoms with Crippen molar-refractivity contribution in [1.29, 1.82) is 0 Å². The van der Waals surface area contributed by atoms with E-state index < -0.39 is 0 Å². The molecule has 114 valence electrons. The Labute approximate surface area is 132 Å². The monoisotopic (exact) mass is 325 g/mol. The number of nitrogens with two attached hydrogens (primary N) is 1. The average molecular weight is 325 g/mol. The highest BCUT2D eigenvalue weighted by Crippen LogP contribution is 2.32. The lowest BCUT2D eigenvalue weighted by atomic mass is 10.2. The highest BCUT2D eigenvalue weighted by Gasteiger charge is 2.14. The Morgan fingerprint density at radius 3 is 2.81 bits per heavy atom. The van der Waals surface area contributed by atoms with Gasteiger partial charge in [0, 0.05) is 10.1 Å². The molecule has 21 heavy (non-hydrogen) atoms. The molecule has 0 aliphatic rings. The number of aromatic nitrogens is 2. The maximum atomic E-state index is 11.2. The van der Waals surface area contributed by atoms with Gasteiger partial charge in [0.1, 0.15) is 16.5 Å². The molecule has 0 spiro atoms. The number of hydrogen-bond acceptors (Lipinski definition) is 7. The molecule has 2 heterocycles. The van der Waals surface area contributed by atoms with Crippen molar-refractivity contribution in [3.8, 4) is 0 Å². The molecule has 0 radical (unpaired) electrons. The van der Waals surface area contributed by atoms with Crippen LogP contribution in [0.4, 0.5) is 5.82 Å². The van der Waals surface area contributed by atoms with Crippen molar-refractivity contribution in [2.45, 2.75) is 38.2 Å². The molecule has 0 saturated carbocycles. The van der Waals surface area contributed by atoms with Crippen molar-refractivity contribution in [2.24, 2.45) is 0 Å². The molecule has 2 rings (SSSR count). The highest BCUT2D eigenvalue weighted by atomic mass is 32.2. The number of carbonyl (C=O) groups excluding carboxylic acids is 1. The van der Waals surface area contributed by atoms with Crippen molar-refractivity contribution in [3.05, 3.63) is 16.3 Å². The third kappa shape index (κ3) is 3.65. The lowest BCUT2D eigenvalue weighted by molar-refractivity contribution is -0.140. The third-order valence-corrected chi connectivity index (χ3v) is 5.54. The van der Waals surface area contributed by atoms with Crippen LogP contribution in [0.2, 0.25) is 0 Å². The first-order valence-corrected chi connectivity index (χ1v) is 8.49. The molecule has 2 N–H and O–H groups in total. The molecule has 0 fully saturated rings. The number of anilines is 1. The Hall–Kier alpha value is -1.34. The van der Waals surface area contributed by atoms with Crippen LogP contribution >= 0.6 is 23.1 Å². The van der Waals surface area contributed by atoms with Crippen molar-refractivity contribution in [3.63, 3.8) is 0 Å². The number of thioether (sulfide) groups is 1. The molecule has 0 saturated heterocycles. The zero-order valence-corrected chi connectivity index (χ0v) is 14.2. The van der Waals surface area contributed by atoms with Crippen LogP contribution in [-0.4, -0.2) is 28.3 Å². The summed E-state index contributed by atoms with van der Waals surface area (Å²) < 4.78 is 4.66. The van der Waals surface area contributed by atoms with Gasteiger partial charge < -0.3 is 10.5 Å². The number of thiophene rings is 1. The number of fused-ring (bicyclic) bond motifs is 1. The molecule has 0 amide bonds. The van der Waals surface area contributed by atoms with Crippen molar-refractivity contribution >= 4 is 45.1 Å². The van der Waals surface area contributed by atoms with Crippen LogP contribution in [0.1, 0.15) is 29.6 Å². The number of nitrogen functional groups attached to an aromatic ring is 1. The quantitative estimate of drug-likeness (QED) is 0.851. The number of ether oxygens (including phenoxy) is 1. The second-order valence-electron chi connectivity index (χ2n) is 4.89. The SMILES string of the molecule is COC(=O)CC(C)SCc1nc(N)c2c(C)c(C)sc2n1. The molecule has 2 aromatic rings. The standard InChI is InChI=1S/C14H19N3O2S2/c1-7(5-11(18)19-4)20-6-10-16-13(15)12-8(2)9(3)21-14(12)17-10/h7H,5-6H2,1-4H3,(H2,15,16,17). The molecule has 0 aromatic carbocycles. The molecular weight excluding hydrogens is 306 g/mol. The number of hydrogen-bond donors (Lipinski definition) is 1. The summed E-state index contributed by atoms with van der Waals surface area (Å²) in [5.41, 5.74) is 7.21. The number of carbonyl (C=O) groups is 1. The van der Waals surface area contributed by atoms with Gasteiger partial charge in [0.05, 0.1) is 24.7 Å². The first-order valence-electron chi connectivity index (χ1n) is 6.62. The molecule has 7 heteroatoms. The van der Waals surface area contributed by atoms with E-state index in [0.717, 1.165) is 15.8 Å². The average Bonchev–Trinajstić information content (AvgIpc) is 2.72. The molecule has 0 bridgehead atoms. The molecule has 5 nitrogen and oxygen atoms in total. The Kier molecular flexibility index (Phi) is 5.05. The van der Waals surface area contributed by atoms with Gasteiger partial charge in [0.25, 0.3) is 0 Å². The number of nitrogens with zero attached hydrogens (tertiary/aromatic N) is 2. The summed E-state index contributed by atoms with van der Waals surface area (Å²) in [5.74, 6) is 1.69.